The number of nitrogens with zero attached hydrogens (tertiary/aromatic N) is 1. The number of carboxylic acids is 1. The van der Waals surface area contributed by atoms with E-state index in [0.29, 0.717) is 5.57 Å². The maximum Gasteiger partial charge on any atom is 1.00 e. The van der Waals surface area contributed by atoms with E-state index in [0.717, 1.165) is 4.90 Å². The Morgan fingerprint density at radius 3 is 2.75 bits per heavy atom. The van der Waals surface area contributed by atoms with Crippen LogP contribution in [0.3, 0.4) is 0 Å². The molecule has 0 aliphatic carbocycles. The van der Waals surface area contributed by atoms with Gasteiger partial charge in [0.1, 0.15) is 18.0 Å². The molecule has 1 amide bonds. The predicted octanol–water partition coefficient (Wildman–Crippen LogP) is -5.18. The van der Waals surface area contributed by atoms with E-state index in [2.05, 4.69) is 0 Å². The first-order chi connectivity index (χ1) is 8.97. The molecule has 2 rings (SSSR count). The SMILES string of the molecule is CC(=O)OCC1=C(C(=O)[O-])N2C(=O)[C@@H](NO)[C@H]2SC1.[Na+]. The number of hydrogen-bond donors (Lipinski definition) is 2. The normalized spacial score (nSPS) is 24.5. The van der Waals surface area contributed by atoms with Gasteiger partial charge in [-0.2, -0.15) is 5.48 Å². The third-order valence-corrected chi connectivity index (χ3v) is 4.17. The summed E-state index contributed by atoms with van der Waals surface area (Å²) in [6.45, 7) is 1.01. The minimum absolute atomic E-state index is 0. The predicted molar refractivity (Wildman–Crippen MR) is 60.5 cm³/mol. The average molecular weight is 310 g/mol. The topological polar surface area (TPSA) is 119 Å². The smallest absolute Gasteiger partial charge is 0.543 e. The zero-order chi connectivity index (χ0) is 14.2. The van der Waals surface area contributed by atoms with E-state index in [1.807, 2.05) is 5.48 Å². The van der Waals surface area contributed by atoms with Gasteiger partial charge in [-0.3, -0.25) is 14.5 Å². The van der Waals surface area contributed by atoms with Crippen LogP contribution in [-0.4, -0.2) is 51.7 Å². The van der Waals surface area contributed by atoms with Gasteiger partial charge in [0.25, 0.3) is 5.91 Å². The monoisotopic (exact) mass is 310 g/mol. The van der Waals surface area contributed by atoms with Crippen LogP contribution >= 0.6 is 11.8 Å². The van der Waals surface area contributed by atoms with Crippen LogP contribution < -0.4 is 40.1 Å². The summed E-state index contributed by atoms with van der Waals surface area (Å²) >= 11 is 1.27. The van der Waals surface area contributed by atoms with Crippen molar-refractivity contribution in [2.24, 2.45) is 0 Å². The van der Waals surface area contributed by atoms with Crippen molar-refractivity contribution in [3.63, 3.8) is 0 Å². The van der Waals surface area contributed by atoms with E-state index in [-0.39, 0.29) is 47.6 Å². The van der Waals surface area contributed by atoms with E-state index < -0.39 is 29.3 Å². The Hall–Kier alpha value is -0.580. The molecule has 104 valence electrons. The molecule has 8 nitrogen and oxygen atoms in total. The van der Waals surface area contributed by atoms with Gasteiger partial charge >= 0.3 is 35.5 Å². The second-order valence-electron chi connectivity index (χ2n) is 4.04. The fraction of sp³-hybridized carbons (Fsp3) is 0.500. The second-order valence-corrected chi connectivity index (χ2v) is 5.14. The Morgan fingerprint density at radius 1 is 1.60 bits per heavy atom. The molecule has 2 heterocycles. The molecule has 2 aliphatic heterocycles. The molecule has 0 radical (unpaired) electrons. The molecule has 20 heavy (non-hydrogen) atoms. The number of amides is 1. The molecule has 0 saturated carbocycles. The van der Waals surface area contributed by atoms with Crippen LogP contribution in [-0.2, 0) is 19.1 Å². The molecule has 1 fully saturated rings. The molecule has 0 aromatic heterocycles. The molecular formula is C10H11N2NaO6S. The molecule has 0 bridgehead atoms. The van der Waals surface area contributed by atoms with Crippen molar-refractivity contribution in [3.8, 4) is 0 Å². The fourth-order valence-corrected chi connectivity index (χ4v) is 3.28. The summed E-state index contributed by atoms with van der Waals surface area (Å²) in [6, 6.07) is -0.824. The van der Waals surface area contributed by atoms with Gasteiger partial charge in [-0.05, 0) is 0 Å². The fourth-order valence-electron chi connectivity index (χ4n) is 1.96. The van der Waals surface area contributed by atoms with Crippen LogP contribution in [0.1, 0.15) is 6.92 Å². The van der Waals surface area contributed by atoms with Crippen molar-refractivity contribution in [2.75, 3.05) is 12.4 Å². The third kappa shape index (κ3) is 3.02. The van der Waals surface area contributed by atoms with Gasteiger partial charge in [-0.1, -0.05) is 0 Å². The quantitative estimate of drug-likeness (QED) is 0.229. The summed E-state index contributed by atoms with van der Waals surface area (Å²) in [6.07, 6.45) is 0. The third-order valence-electron chi connectivity index (χ3n) is 2.83. The number of carboxylic acid groups (broad SMARTS) is 1. The molecule has 2 N–H and O–H groups in total. The number of thioether (sulfide) groups is 1. The standard InChI is InChI=1S/C10H12N2O6S.Na/c1-4(13)18-2-5-3-19-9-6(11-17)8(14)12(9)7(5)10(15)16;/h6,9,11,17H,2-3H2,1H3,(H,15,16);/q;+1/p-1/t6-,9-;/m1./s1. The van der Waals surface area contributed by atoms with Gasteiger partial charge in [-0.15, -0.1) is 11.8 Å². The van der Waals surface area contributed by atoms with E-state index in [1.165, 1.54) is 18.7 Å². The van der Waals surface area contributed by atoms with E-state index in [1.54, 1.807) is 0 Å². The Morgan fingerprint density at radius 2 is 2.25 bits per heavy atom. The number of rotatable bonds is 4. The van der Waals surface area contributed by atoms with Gasteiger partial charge < -0.3 is 19.8 Å². The summed E-state index contributed by atoms with van der Waals surface area (Å²) in [5.41, 5.74) is 1.87. The number of carbonyl (C=O) groups is 3. The van der Waals surface area contributed by atoms with E-state index in [9.17, 15) is 19.5 Å². The van der Waals surface area contributed by atoms with Crippen molar-refractivity contribution >= 4 is 29.6 Å². The molecule has 1 saturated heterocycles. The second kappa shape index (κ2) is 6.92. The van der Waals surface area contributed by atoms with Gasteiger partial charge in [0, 0.05) is 18.2 Å². The number of ether oxygens (including phenoxy) is 1. The molecule has 0 spiro atoms. The summed E-state index contributed by atoms with van der Waals surface area (Å²) in [7, 11) is 0. The minimum Gasteiger partial charge on any atom is -0.543 e. The summed E-state index contributed by atoms with van der Waals surface area (Å²) in [5.74, 6) is -2.32. The maximum absolute atomic E-state index is 11.7. The first kappa shape index (κ1) is 17.5. The molecule has 2 atom stereocenters. The Balaban J connectivity index is 0.00000200. The number of β-lactam (4-membered cyclic amide) rings is 1. The molecule has 2 aliphatic rings. The Kier molecular flexibility index (Phi) is 6.05. The first-order valence-corrected chi connectivity index (χ1v) is 6.43. The number of hydrogen-bond acceptors (Lipinski definition) is 8. The number of fused-ring (bicyclic) bond motifs is 1. The largest absolute Gasteiger partial charge is 1.00 e. The number of hydroxylamine groups is 1. The molecule has 0 aromatic carbocycles. The Bertz CT molecular complexity index is 482. The zero-order valence-electron chi connectivity index (χ0n) is 10.9. The number of nitrogens with one attached hydrogen (secondary N) is 1. The van der Waals surface area contributed by atoms with Gasteiger partial charge in [-0.25, -0.2) is 0 Å². The van der Waals surface area contributed by atoms with Crippen LogP contribution in [0.15, 0.2) is 11.3 Å². The molecule has 0 aromatic rings. The average Bonchev–Trinajstić information content (AvgIpc) is 2.35. The van der Waals surface area contributed by atoms with Crippen LogP contribution in [0.4, 0.5) is 0 Å². The van der Waals surface area contributed by atoms with Crippen LogP contribution in [0.2, 0.25) is 0 Å². The van der Waals surface area contributed by atoms with E-state index in [4.69, 9.17) is 9.94 Å². The van der Waals surface area contributed by atoms with Crippen molar-refractivity contribution < 1.29 is 59.0 Å². The van der Waals surface area contributed by atoms with Crippen molar-refractivity contribution in [1.29, 1.82) is 0 Å². The van der Waals surface area contributed by atoms with Crippen molar-refractivity contribution in [2.45, 2.75) is 18.3 Å². The molecule has 10 heteroatoms. The minimum atomic E-state index is -1.50. The molecule has 0 unspecified atom stereocenters. The Labute approximate surface area is 140 Å². The van der Waals surface area contributed by atoms with Crippen molar-refractivity contribution in [1.82, 2.24) is 10.4 Å². The maximum atomic E-state index is 11.7. The first-order valence-electron chi connectivity index (χ1n) is 5.38. The van der Waals surface area contributed by atoms with Gasteiger partial charge in [0.2, 0.25) is 0 Å². The summed E-state index contributed by atoms with van der Waals surface area (Å²) in [5, 5.41) is 19.5. The summed E-state index contributed by atoms with van der Waals surface area (Å²) in [4.78, 5) is 34.6. The van der Waals surface area contributed by atoms with Crippen LogP contribution in [0.5, 0.6) is 0 Å². The number of aliphatic carboxylic acids is 1. The van der Waals surface area contributed by atoms with Gasteiger partial charge in [0.05, 0.1) is 11.7 Å². The number of carbonyl (C=O) groups excluding carboxylic acids is 3. The summed E-state index contributed by atoms with van der Waals surface area (Å²) < 4.78 is 4.75. The van der Waals surface area contributed by atoms with E-state index >= 15 is 0 Å². The van der Waals surface area contributed by atoms with Crippen LogP contribution in [0, 0.1) is 0 Å². The molecular weight excluding hydrogens is 299 g/mol. The van der Waals surface area contributed by atoms with Gasteiger partial charge in [0.15, 0.2) is 0 Å². The van der Waals surface area contributed by atoms with Crippen molar-refractivity contribution in [3.05, 3.63) is 11.3 Å². The zero-order valence-corrected chi connectivity index (χ0v) is 13.7. The van der Waals surface area contributed by atoms with Crippen LogP contribution in [0.25, 0.3) is 0 Å². The number of esters is 1.